The minimum Gasteiger partial charge on any atom is -0.466 e. The summed E-state index contributed by atoms with van der Waals surface area (Å²) in [5, 5.41) is 23.3. The van der Waals surface area contributed by atoms with E-state index in [1.54, 1.807) is 0 Å². The molecule has 0 saturated carbocycles. The minimum atomic E-state index is -0.660. The molecule has 1 amide bonds. The summed E-state index contributed by atoms with van der Waals surface area (Å²) in [5.41, 5.74) is 0. The van der Waals surface area contributed by atoms with Crippen molar-refractivity contribution in [3.05, 3.63) is 24.3 Å². The summed E-state index contributed by atoms with van der Waals surface area (Å²) in [6.45, 7) is 4.91. The lowest BCUT2D eigenvalue weighted by atomic mass is 10.0. The summed E-state index contributed by atoms with van der Waals surface area (Å²) in [6.07, 6.45) is 79.4. The average Bonchev–Trinajstić information content (AvgIpc) is 3.40. The maximum absolute atomic E-state index is 12.5. The lowest BCUT2D eigenvalue weighted by molar-refractivity contribution is -0.143. The van der Waals surface area contributed by atoms with E-state index >= 15 is 0 Å². The van der Waals surface area contributed by atoms with Crippen LogP contribution in [0.1, 0.15) is 373 Å². The quantitative estimate of drug-likeness (QED) is 0.0320. The summed E-state index contributed by atoms with van der Waals surface area (Å²) >= 11 is 0. The monoisotopic (exact) mass is 1040 g/mol. The fourth-order valence-electron chi connectivity index (χ4n) is 10.6. The zero-order chi connectivity index (χ0) is 53.6. The van der Waals surface area contributed by atoms with Gasteiger partial charge in [0.05, 0.1) is 25.4 Å². The SMILES string of the molecule is CCC/C=C\C/C=C\CCCCCCCC(=O)OCCCCCCCCCCCCCCCCCCCCCCCCCCCCCCCCCC(=O)NC(CO)C(O)CCCCCCCCCCCCCCC. The van der Waals surface area contributed by atoms with Gasteiger partial charge in [-0.2, -0.15) is 0 Å². The number of aliphatic hydroxyl groups is 2. The number of hydrogen-bond donors (Lipinski definition) is 3. The lowest BCUT2D eigenvalue weighted by Gasteiger charge is -2.22. The highest BCUT2D eigenvalue weighted by molar-refractivity contribution is 5.76. The molecule has 0 rings (SSSR count). The second kappa shape index (κ2) is 63.9. The molecular weight excluding hydrogens is 911 g/mol. The molecule has 0 saturated heterocycles. The molecule has 0 bridgehead atoms. The highest BCUT2D eigenvalue weighted by Crippen LogP contribution is 2.19. The number of allylic oxidation sites excluding steroid dienone is 4. The van der Waals surface area contributed by atoms with Crippen molar-refractivity contribution in [1.29, 1.82) is 0 Å². The fourth-order valence-corrected chi connectivity index (χ4v) is 10.6. The van der Waals surface area contributed by atoms with E-state index in [1.807, 2.05) is 0 Å². The lowest BCUT2D eigenvalue weighted by Crippen LogP contribution is -2.45. The highest BCUT2D eigenvalue weighted by atomic mass is 16.5. The largest absolute Gasteiger partial charge is 0.466 e. The van der Waals surface area contributed by atoms with E-state index in [2.05, 4.69) is 43.5 Å². The van der Waals surface area contributed by atoms with Crippen LogP contribution in [0.3, 0.4) is 0 Å². The number of carbonyl (C=O) groups excluding carboxylic acids is 2. The maximum atomic E-state index is 12.5. The summed E-state index contributed by atoms with van der Waals surface area (Å²) in [5.74, 6) is -0.0234. The molecule has 0 spiro atoms. The van der Waals surface area contributed by atoms with Crippen LogP contribution in [-0.2, 0) is 14.3 Å². The smallest absolute Gasteiger partial charge is 0.305 e. The molecule has 3 N–H and O–H groups in total. The van der Waals surface area contributed by atoms with Crippen molar-refractivity contribution < 1.29 is 24.5 Å². The van der Waals surface area contributed by atoms with Gasteiger partial charge in [0.15, 0.2) is 0 Å². The minimum absolute atomic E-state index is 0.00559. The Hall–Kier alpha value is -1.66. The molecule has 0 heterocycles. The number of ether oxygens (including phenoxy) is 1. The van der Waals surface area contributed by atoms with Crippen LogP contribution in [0.2, 0.25) is 0 Å². The van der Waals surface area contributed by atoms with Gasteiger partial charge >= 0.3 is 5.97 Å². The van der Waals surface area contributed by atoms with Crippen LogP contribution in [0.15, 0.2) is 24.3 Å². The summed E-state index contributed by atoms with van der Waals surface area (Å²) in [7, 11) is 0. The van der Waals surface area contributed by atoms with Gasteiger partial charge in [0.2, 0.25) is 5.91 Å². The molecule has 0 fully saturated rings. The molecule has 438 valence electrons. The van der Waals surface area contributed by atoms with Gasteiger partial charge in [0.25, 0.3) is 0 Å². The Bertz CT molecular complexity index is 1150. The third-order valence-electron chi connectivity index (χ3n) is 15.7. The molecule has 2 unspecified atom stereocenters. The summed E-state index contributed by atoms with van der Waals surface area (Å²) in [6, 6.07) is -0.537. The van der Waals surface area contributed by atoms with Gasteiger partial charge in [0.1, 0.15) is 0 Å². The van der Waals surface area contributed by atoms with Crippen LogP contribution in [0.4, 0.5) is 0 Å². The zero-order valence-electron chi connectivity index (χ0n) is 50.1. The molecule has 0 radical (unpaired) electrons. The molecule has 0 aliphatic heterocycles. The summed E-state index contributed by atoms with van der Waals surface area (Å²) in [4.78, 5) is 24.5. The molecule has 6 heteroatoms. The van der Waals surface area contributed by atoms with E-state index in [9.17, 15) is 19.8 Å². The van der Waals surface area contributed by atoms with Crippen molar-refractivity contribution in [1.82, 2.24) is 5.32 Å². The number of amides is 1. The zero-order valence-corrected chi connectivity index (χ0v) is 50.1. The summed E-state index contributed by atoms with van der Waals surface area (Å²) < 4.78 is 5.48. The second-order valence-electron chi connectivity index (χ2n) is 23.2. The number of hydrogen-bond acceptors (Lipinski definition) is 5. The Labute approximate surface area is 462 Å². The van der Waals surface area contributed by atoms with Gasteiger partial charge in [-0.3, -0.25) is 9.59 Å². The van der Waals surface area contributed by atoms with E-state index in [1.165, 1.54) is 289 Å². The predicted molar refractivity (Wildman–Crippen MR) is 324 cm³/mol. The molecule has 74 heavy (non-hydrogen) atoms. The maximum Gasteiger partial charge on any atom is 0.305 e. The standard InChI is InChI=1S/C68H131NO5/c1-3-5-7-9-11-13-15-36-40-44-48-52-56-60-66(71)65(64-70)69-67(72)61-57-53-49-45-41-38-34-32-30-28-26-24-22-20-18-17-19-21-23-25-27-29-31-33-35-39-43-47-51-55-59-63-74-68(73)62-58-54-50-46-42-37-16-14-12-10-8-6-4-2/h8,10,14,16,65-66,70-71H,3-7,9,11-13,15,17-64H2,1-2H3,(H,69,72)/b10-8-,16-14-. The van der Waals surface area contributed by atoms with E-state index in [4.69, 9.17) is 4.74 Å². The third kappa shape index (κ3) is 59.6. The Kier molecular flexibility index (Phi) is 62.4. The number of nitrogens with one attached hydrogen (secondary N) is 1. The van der Waals surface area contributed by atoms with Gasteiger partial charge in [-0.15, -0.1) is 0 Å². The highest BCUT2D eigenvalue weighted by Gasteiger charge is 2.20. The molecule has 6 nitrogen and oxygen atoms in total. The van der Waals surface area contributed by atoms with E-state index < -0.39 is 12.1 Å². The van der Waals surface area contributed by atoms with Gasteiger partial charge in [-0.05, 0) is 51.4 Å². The first-order valence-corrected chi connectivity index (χ1v) is 33.6. The van der Waals surface area contributed by atoms with E-state index in [0.29, 0.717) is 25.9 Å². The van der Waals surface area contributed by atoms with Crippen molar-refractivity contribution in [3.63, 3.8) is 0 Å². The van der Waals surface area contributed by atoms with E-state index in [0.717, 1.165) is 51.4 Å². The van der Waals surface area contributed by atoms with Gasteiger partial charge in [-0.1, -0.05) is 334 Å². The molecule has 0 aromatic carbocycles. The Morgan fingerprint density at radius 1 is 0.378 bits per heavy atom. The predicted octanol–water partition coefficient (Wildman–Crippen LogP) is 21.4. The normalized spacial score (nSPS) is 12.6. The van der Waals surface area contributed by atoms with Crippen molar-refractivity contribution in [3.8, 4) is 0 Å². The number of aliphatic hydroxyl groups excluding tert-OH is 2. The molecule has 0 aliphatic carbocycles. The first kappa shape index (κ1) is 72.3. The topological polar surface area (TPSA) is 95.9 Å². The van der Waals surface area contributed by atoms with Crippen LogP contribution in [-0.4, -0.2) is 47.4 Å². The van der Waals surface area contributed by atoms with Crippen molar-refractivity contribution in [2.45, 2.75) is 386 Å². The Balaban J connectivity index is 3.31. The number of rotatable bonds is 63. The van der Waals surface area contributed by atoms with Crippen LogP contribution in [0.25, 0.3) is 0 Å². The third-order valence-corrected chi connectivity index (χ3v) is 15.7. The van der Waals surface area contributed by atoms with Crippen molar-refractivity contribution >= 4 is 11.9 Å². The van der Waals surface area contributed by atoms with Gasteiger partial charge < -0.3 is 20.3 Å². The van der Waals surface area contributed by atoms with E-state index in [-0.39, 0.29) is 18.5 Å². The van der Waals surface area contributed by atoms with Crippen molar-refractivity contribution in [2.24, 2.45) is 0 Å². The Morgan fingerprint density at radius 3 is 1.08 bits per heavy atom. The molecular formula is C68H131NO5. The first-order valence-electron chi connectivity index (χ1n) is 33.6. The first-order chi connectivity index (χ1) is 36.5. The van der Waals surface area contributed by atoms with Crippen molar-refractivity contribution in [2.75, 3.05) is 13.2 Å². The number of unbranched alkanes of at least 4 members (excludes halogenated alkanes) is 48. The van der Waals surface area contributed by atoms with Crippen LogP contribution >= 0.6 is 0 Å². The second-order valence-corrected chi connectivity index (χ2v) is 23.2. The van der Waals surface area contributed by atoms with Crippen LogP contribution < -0.4 is 5.32 Å². The van der Waals surface area contributed by atoms with Gasteiger partial charge in [0, 0.05) is 12.8 Å². The number of carbonyl (C=O) groups is 2. The molecule has 0 aliphatic rings. The molecule has 0 aromatic heterocycles. The number of esters is 1. The Morgan fingerprint density at radius 2 is 0.703 bits per heavy atom. The van der Waals surface area contributed by atoms with Crippen LogP contribution in [0.5, 0.6) is 0 Å². The molecule has 0 aromatic rings. The average molecular weight is 1040 g/mol. The van der Waals surface area contributed by atoms with Gasteiger partial charge in [-0.25, -0.2) is 0 Å². The van der Waals surface area contributed by atoms with Crippen LogP contribution in [0, 0.1) is 0 Å². The molecule has 2 atom stereocenters. The fraction of sp³-hybridized carbons (Fsp3) is 0.912.